The Morgan fingerprint density at radius 2 is 1.93 bits per heavy atom. The van der Waals surface area contributed by atoms with Crippen LogP contribution in [0.1, 0.15) is 0 Å². The van der Waals surface area contributed by atoms with Crippen molar-refractivity contribution in [3.8, 4) is 11.4 Å². The van der Waals surface area contributed by atoms with Gasteiger partial charge in [-0.3, -0.25) is 14.2 Å². The van der Waals surface area contributed by atoms with Crippen molar-refractivity contribution in [2.75, 3.05) is 11.1 Å². The van der Waals surface area contributed by atoms with Crippen molar-refractivity contribution in [3.05, 3.63) is 47.7 Å². The van der Waals surface area contributed by atoms with Gasteiger partial charge in [-0.2, -0.15) is 34.4 Å². The number of hydrogen-bond donors (Lipinski definition) is 4. The Morgan fingerprint density at radius 1 is 1.15 bits per heavy atom. The van der Waals surface area contributed by atoms with E-state index in [2.05, 4.69) is 54.8 Å². The molecule has 0 aliphatic carbocycles. The minimum atomic E-state index is -4.75. The van der Waals surface area contributed by atoms with E-state index in [4.69, 9.17) is 27.2 Å². The molecule has 0 spiro atoms. The number of rotatable bonds is 12. The molecule has 20 heteroatoms. The Morgan fingerprint density at radius 3 is 2.62 bits per heavy atom. The zero-order valence-electron chi connectivity index (χ0n) is 19.5. The van der Waals surface area contributed by atoms with Crippen molar-refractivity contribution >= 4 is 86.6 Å². The number of nitrogens with two attached hydrogens (primary N) is 1. The molecule has 1 heterocycles. The lowest BCUT2D eigenvalue weighted by atomic mass is 10.2. The topological polar surface area (TPSA) is 233 Å². The summed E-state index contributed by atoms with van der Waals surface area (Å²) in [7, 11) is -4.75. The molecule has 0 unspecified atom stereocenters. The van der Waals surface area contributed by atoms with Crippen LogP contribution in [-0.4, -0.2) is 51.2 Å². The molecule has 0 radical (unpaired) electrons. The summed E-state index contributed by atoms with van der Waals surface area (Å²) in [4.78, 5) is 36.0. The Kier molecular flexibility index (Phi) is 11.4. The zero-order chi connectivity index (χ0) is 29.0. The van der Waals surface area contributed by atoms with E-state index in [9.17, 15) is 13.2 Å². The summed E-state index contributed by atoms with van der Waals surface area (Å²) >= 11 is 7.81. The lowest BCUT2D eigenvalue weighted by molar-refractivity contribution is -0.135. The molecular weight excluding hydrogens is 612 g/mol. The molecule has 0 saturated carbocycles. The summed E-state index contributed by atoms with van der Waals surface area (Å²) in [5, 5.41) is 22.6. The maximum Gasteiger partial charge on any atom is 0.433 e. The molecular formula is C20H15ClN8O8S3. The SMILES string of the molecule is NO/C=N\c1cc(Nc2nc(Cl)nc(SCC(=O)O)n2)ccc1N=Nc1ccc(SC#COOS(=O)(=O)O)cc1. The normalized spacial score (nSPS) is 11.3. The Hall–Kier alpha value is -4.03. The minimum Gasteiger partial charge on any atom is -0.481 e. The molecule has 0 bridgehead atoms. The third-order valence-corrected chi connectivity index (χ3v) is 5.81. The van der Waals surface area contributed by atoms with Gasteiger partial charge in [0.2, 0.25) is 17.6 Å². The molecule has 0 atom stereocenters. The van der Waals surface area contributed by atoms with Crippen LogP contribution in [0.4, 0.5) is 28.7 Å². The van der Waals surface area contributed by atoms with Gasteiger partial charge in [0.05, 0.1) is 17.1 Å². The number of carboxylic acids is 1. The lowest BCUT2D eigenvalue weighted by Crippen LogP contribution is -2.03. The number of azo groups is 1. The van der Waals surface area contributed by atoms with Gasteiger partial charge < -0.3 is 15.3 Å². The molecule has 3 aromatic rings. The number of hydrogen-bond acceptors (Lipinski definition) is 16. The lowest BCUT2D eigenvalue weighted by Gasteiger charge is -2.08. The minimum absolute atomic E-state index is 0.0763. The van der Waals surface area contributed by atoms with E-state index in [0.717, 1.165) is 29.9 Å². The fourth-order valence-electron chi connectivity index (χ4n) is 2.43. The predicted octanol–water partition coefficient (Wildman–Crippen LogP) is 4.17. The number of aromatic nitrogens is 3. The van der Waals surface area contributed by atoms with Crippen LogP contribution in [0.25, 0.3) is 0 Å². The third kappa shape index (κ3) is 11.0. The summed E-state index contributed by atoms with van der Waals surface area (Å²) in [6, 6.07) is 11.5. The van der Waals surface area contributed by atoms with E-state index < -0.39 is 16.4 Å². The molecule has 5 N–H and O–H groups in total. The van der Waals surface area contributed by atoms with Crippen LogP contribution in [-0.2, 0) is 29.3 Å². The quantitative estimate of drug-likeness (QED) is 0.0322. The van der Waals surface area contributed by atoms with Crippen molar-refractivity contribution < 1.29 is 36.9 Å². The number of anilines is 2. The maximum atomic E-state index is 10.8. The Balaban J connectivity index is 1.71. The van der Waals surface area contributed by atoms with E-state index in [1.54, 1.807) is 42.5 Å². The highest BCUT2D eigenvalue weighted by molar-refractivity contribution is 8.04. The number of halogens is 1. The molecule has 0 aliphatic rings. The highest BCUT2D eigenvalue weighted by Crippen LogP contribution is 2.33. The number of carbonyl (C=O) groups is 1. The molecule has 0 amide bonds. The molecule has 1 aromatic heterocycles. The highest BCUT2D eigenvalue weighted by atomic mass is 35.5. The van der Waals surface area contributed by atoms with Crippen molar-refractivity contribution in [1.29, 1.82) is 0 Å². The molecule has 0 saturated heterocycles. The number of nitrogens with zero attached hydrogens (tertiary/aromatic N) is 6. The smallest absolute Gasteiger partial charge is 0.433 e. The number of carboxylic acid groups (broad SMARTS) is 1. The summed E-state index contributed by atoms with van der Waals surface area (Å²) in [5.74, 6) is 3.84. The zero-order valence-corrected chi connectivity index (χ0v) is 22.7. The number of aliphatic carboxylic acids is 1. The van der Waals surface area contributed by atoms with Crippen molar-refractivity contribution in [2.45, 2.75) is 10.1 Å². The molecule has 3 rings (SSSR count). The van der Waals surface area contributed by atoms with E-state index >= 15 is 0 Å². The molecule has 2 aromatic carbocycles. The van der Waals surface area contributed by atoms with E-state index in [0.29, 0.717) is 27.6 Å². The monoisotopic (exact) mass is 626 g/mol. The predicted molar refractivity (Wildman–Crippen MR) is 144 cm³/mol. The van der Waals surface area contributed by atoms with Gasteiger partial charge in [0.15, 0.2) is 11.3 Å². The Labute approximate surface area is 239 Å². The van der Waals surface area contributed by atoms with Gasteiger partial charge in [-0.15, -0.1) is 5.11 Å². The second-order valence-electron chi connectivity index (χ2n) is 6.67. The number of thioether (sulfide) groups is 2. The standard InChI is InChI=1S/C20H15ClN8O8S3/c21-18-25-19(27-20(26-18)39-10-17(30)31)24-13-3-6-15(16(9-13)23-11-35-22)29-28-12-1-4-14(5-2-12)38-8-7-36-37-40(32,33)34/h1-6,9,11H,10,22H2,(H,30,31)(H,32,33,34)(H,24,25,26,27)/b23-11-,29-28?. The fourth-order valence-corrected chi connectivity index (χ4v) is 3.78. The van der Waals surface area contributed by atoms with Gasteiger partial charge >= 0.3 is 16.4 Å². The maximum absolute atomic E-state index is 10.8. The second-order valence-corrected chi connectivity index (χ2v) is 9.82. The first-order valence-electron chi connectivity index (χ1n) is 10.2. The van der Waals surface area contributed by atoms with E-state index in [1.165, 1.54) is 0 Å². The molecule has 16 nitrogen and oxygen atoms in total. The summed E-state index contributed by atoms with van der Waals surface area (Å²) in [6.07, 6.45) is 2.94. The average molecular weight is 627 g/mol. The van der Waals surface area contributed by atoms with Crippen LogP contribution in [0.3, 0.4) is 0 Å². The molecule has 0 aliphatic heterocycles. The Bertz CT molecular complexity index is 1580. The first-order valence-corrected chi connectivity index (χ1v) is 13.7. The van der Waals surface area contributed by atoms with Crippen LogP contribution in [0.5, 0.6) is 0 Å². The van der Waals surface area contributed by atoms with Gasteiger partial charge in [0, 0.05) is 15.8 Å². The van der Waals surface area contributed by atoms with Crippen LogP contribution in [0.2, 0.25) is 5.28 Å². The van der Waals surface area contributed by atoms with Crippen LogP contribution >= 0.6 is 35.1 Å². The van der Waals surface area contributed by atoms with E-state index in [1.807, 2.05) is 6.11 Å². The van der Waals surface area contributed by atoms with Crippen molar-refractivity contribution in [2.24, 2.45) is 21.1 Å². The second kappa shape index (κ2) is 14.9. The van der Waals surface area contributed by atoms with Crippen LogP contribution in [0, 0.1) is 11.4 Å². The number of aliphatic imine (C=N–C) groups is 1. The van der Waals surface area contributed by atoms with Gasteiger partial charge in [-0.05, 0) is 70.2 Å². The first kappa shape index (κ1) is 30.5. The van der Waals surface area contributed by atoms with Gasteiger partial charge in [0.1, 0.15) is 5.69 Å². The van der Waals surface area contributed by atoms with E-state index in [-0.39, 0.29) is 22.1 Å². The first-order chi connectivity index (χ1) is 19.1. The van der Waals surface area contributed by atoms with Crippen molar-refractivity contribution in [3.63, 3.8) is 0 Å². The molecule has 0 fully saturated rings. The van der Waals surface area contributed by atoms with Crippen LogP contribution in [0.15, 0.2) is 67.7 Å². The molecule has 208 valence electrons. The summed E-state index contributed by atoms with van der Waals surface area (Å²) in [5.41, 5.74) is 1.63. The van der Waals surface area contributed by atoms with Gasteiger partial charge in [-0.1, -0.05) is 11.8 Å². The average Bonchev–Trinajstić information content (AvgIpc) is 2.89. The van der Waals surface area contributed by atoms with Crippen molar-refractivity contribution in [1.82, 2.24) is 15.0 Å². The summed E-state index contributed by atoms with van der Waals surface area (Å²) < 4.78 is 32.7. The summed E-state index contributed by atoms with van der Waals surface area (Å²) in [6.45, 7) is 0. The largest absolute Gasteiger partial charge is 0.481 e. The highest BCUT2D eigenvalue weighted by Gasteiger charge is 2.10. The third-order valence-electron chi connectivity index (χ3n) is 3.88. The van der Waals surface area contributed by atoms with Gasteiger partial charge in [-0.25, -0.2) is 4.99 Å². The fraction of sp³-hybridized carbons (Fsp3) is 0.0500. The van der Waals surface area contributed by atoms with Crippen LogP contribution < -0.4 is 11.2 Å². The molecule has 40 heavy (non-hydrogen) atoms. The number of benzene rings is 2. The number of nitrogens with one attached hydrogen (secondary N) is 1. The van der Waals surface area contributed by atoms with Gasteiger partial charge in [0.25, 0.3) is 0 Å².